The van der Waals surface area contributed by atoms with Crippen LogP contribution in [-0.4, -0.2) is 28.5 Å². The van der Waals surface area contributed by atoms with Crippen LogP contribution in [0.1, 0.15) is 13.8 Å². The van der Waals surface area contributed by atoms with E-state index < -0.39 is 0 Å². The number of nitrogens with zero attached hydrogens (tertiary/aromatic N) is 3. The summed E-state index contributed by atoms with van der Waals surface area (Å²) in [5, 5.41) is 13.4. The lowest BCUT2D eigenvalue weighted by molar-refractivity contribution is -0.604. The van der Waals surface area contributed by atoms with E-state index in [4.69, 9.17) is 23.8 Å². The summed E-state index contributed by atoms with van der Waals surface area (Å²) in [7, 11) is 0. The van der Waals surface area contributed by atoms with Gasteiger partial charge in [-0.25, -0.2) is 4.98 Å². The number of thiocarbonyl (C=S) groups is 1. The van der Waals surface area contributed by atoms with Crippen molar-refractivity contribution >= 4 is 56.9 Å². The minimum Gasteiger partial charge on any atom is -0.619 e. The summed E-state index contributed by atoms with van der Waals surface area (Å²) in [5.74, 6) is 1.25. The van der Waals surface area contributed by atoms with Crippen LogP contribution in [0.25, 0.3) is 10.6 Å². The van der Waals surface area contributed by atoms with Gasteiger partial charge in [0.05, 0.1) is 10.6 Å². The normalized spacial score (nSPS) is 12.2. The minimum absolute atomic E-state index is 0.280. The number of aromatic nitrogens is 2. The minimum atomic E-state index is 0.280. The molecule has 2 heterocycles. The number of hydrogen-bond acceptors (Lipinski definition) is 5. The summed E-state index contributed by atoms with van der Waals surface area (Å²) in [6.07, 6.45) is 5.00. The second kappa shape index (κ2) is 8.28. The third-order valence-corrected chi connectivity index (χ3v) is 6.22. The van der Waals surface area contributed by atoms with Crippen molar-refractivity contribution in [3.05, 3.63) is 34.9 Å². The molecular weight excluding hydrogens is 370 g/mol. The van der Waals surface area contributed by atoms with Crippen LogP contribution in [0.5, 0.6) is 0 Å². The van der Waals surface area contributed by atoms with Gasteiger partial charge in [0.25, 0.3) is 0 Å². The molecule has 23 heavy (non-hydrogen) atoms. The Balaban J connectivity index is 2.33. The molecule has 0 aliphatic carbocycles. The topological polar surface area (TPSA) is 43.1 Å². The molecule has 0 bridgehead atoms. The van der Waals surface area contributed by atoms with E-state index in [2.05, 4.69) is 18.2 Å². The molecule has 0 N–H and O–H groups in total. The Morgan fingerprint density at radius 3 is 2.96 bits per heavy atom. The van der Waals surface area contributed by atoms with Gasteiger partial charge in [-0.05, 0) is 19.2 Å². The van der Waals surface area contributed by atoms with Crippen LogP contribution < -0.4 is 9.63 Å². The molecule has 0 amide bonds. The van der Waals surface area contributed by atoms with Crippen LogP contribution in [0.2, 0.25) is 5.15 Å². The van der Waals surface area contributed by atoms with Crippen LogP contribution in [0.4, 0.5) is 5.00 Å². The van der Waals surface area contributed by atoms with E-state index in [9.17, 15) is 5.21 Å². The van der Waals surface area contributed by atoms with E-state index in [0.29, 0.717) is 10.2 Å². The van der Waals surface area contributed by atoms with Crippen molar-refractivity contribution in [2.75, 3.05) is 23.5 Å². The Labute approximate surface area is 155 Å². The smallest absolute Gasteiger partial charge is 0.190 e. The molecule has 2 aromatic heterocycles. The molecule has 0 aliphatic rings. The van der Waals surface area contributed by atoms with Crippen molar-refractivity contribution in [2.45, 2.75) is 13.8 Å². The first-order valence-corrected chi connectivity index (χ1v) is 10.1. The zero-order chi connectivity index (χ0) is 17.0. The van der Waals surface area contributed by atoms with Gasteiger partial charge in [-0.3, -0.25) is 0 Å². The molecule has 0 saturated heterocycles. The van der Waals surface area contributed by atoms with E-state index in [1.165, 1.54) is 23.7 Å². The molecule has 0 aliphatic heterocycles. The number of thiazole rings is 1. The molecule has 0 fully saturated rings. The number of rotatable bonds is 6. The highest BCUT2D eigenvalue weighted by Gasteiger charge is 2.22. The largest absolute Gasteiger partial charge is 0.619 e. The molecule has 0 aromatic carbocycles. The first-order valence-electron chi connectivity index (χ1n) is 7.13. The van der Waals surface area contributed by atoms with Crippen LogP contribution >= 0.6 is 46.9 Å². The van der Waals surface area contributed by atoms with E-state index in [1.807, 2.05) is 17.9 Å². The summed E-state index contributed by atoms with van der Waals surface area (Å²) in [4.78, 5) is 7.31. The second-order valence-corrected chi connectivity index (χ2v) is 7.67. The number of thioether (sulfide) groups is 1. The summed E-state index contributed by atoms with van der Waals surface area (Å²) in [5.41, 5.74) is 0.750. The average Bonchev–Trinajstić information content (AvgIpc) is 2.90. The van der Waals surface area contributed by atoms with Crippen molar-refractivity contribution in [2.24, 2.45) is 5.92 Å². The maximum Gasteiger partial charge on any atom is 0.190 e. The van der Waals surface area contributed by atoms with Crippen molar-refractivity contribution in [3.63, 3.8) is 0 Å². The monoisotopic (exact) mass is 387 g/mol. The van der Waals surface area contributed by atoms with Gasteiger partial charge in [0, 0.05) is 24.3 Å². The third-order valence-electron chi connectivity index (χ3n) is 3.26. The van der Waals surface area contributed by atoms with Crippen molar-refractivity contribution in [1.82, 2.24) is 4.98 Å². The van der Waals surface area contributed by atoms with Gasteiger partial charge in [-0.2, -0.15) is 16.5 Å². The Bertz CT molecular complexity index is 692. The zero-order valence-electron chi connectivity index (χ0n) is 13.2. The second-order valence-electron chi connectivity index (χ2n) is 5.01. The van der Waals surface area contributed by atoms with Gasteiger partial charge in [0.1, 0.15) is 10.0 Å². The molecule has 0 saturated carbocycles. The quantitative estimate of drug-likeness (QED) is 0.421. The van der Waals surface area contributed by atoms with Gasteiger partial charge >= 0.3 is 0 Å². The maximum absolute atomic E-state index is 11.4. The predicted octanol–water partition coefficient (Wildman–Crippen LogP) is 4.25. The molecule has 2 aromatic rings. The van der Waals surface area contributed by atoms with Crippen molar-refractivity contribution in [1.29, 1.82) is 0 Å². The summed E-state index contributed by atoms with van der Waals surface area (Å²) < 4.78 is 0.757. The Hall–Kier alpha value is -0.890. The number of hydrogen-bond donors (Lipinski definition) is 0. The Kier molecular flexibility index (Phi) is 6.64. The molecule has 1 unspecified atom stereocenters. The fraction of sp³-hybridized carbons (Fsp3) is 0.400. The van der Waals surface area contributed by atoms with Gasteiger partial charge in [-0.15, -0.1) is 0 Å². The lowest BCUT2D eigenvalue weighted by Gasteiger charge is -2.25. The highest BCUT2D eigenvalue weighted by molar-refractivity contribution is 7.98. The lowest BCUT2D eigenvalue weighted by atomic mass is 10.2. The third kappa shape index (κ3) is 4.35. The fourth-order valence-corrected chi connectivity index (χ4v) is 4.65. The van der Waals surface area contributed by atoms with Gasteiger partial charge in [0.15, 0.2) is 17.5 Å². The molecular formula is C15H18ClN3OS3. The van der Waals surface area contributed by atoms with E-state index >= 15 is 0 Å². The SMILES string of the molecule is CCN(C(=S)C(C)CSC)c1sc(-c2ccc[n+]([O-])c2)nc1Cl. The highest BCUT2D eigenvalue weighted by atomic mass is 35.5. The van der Waals surface area contributed by atoms with E-state index in [-0.39, 0.29) is 5.92 Å². The highest BCUT2D eigenvalue weighted by Crippen LogP contribution is 2.38. The van der Waals surface area contributed by atoms with Gasteiger partial charge in [0.2, 0.25) is 0 Å². The number of pyridine rings is 1. The molecule has 2 rings (SSSR count). The molecule has 0 spiro atoms. The first-order chi connectivity index (χ1) is 11.0. The number of anilines is 1. The molecule has 0 radical (unpaired) electrons. The number of halogens is 1. The van der Waals surface area contributed by atoms with Crippen LogP contribution in [0.15, 0.2) is 24.5 Å². The van der Waals surface area contributed by atoms with Gasteiger partial charge < -0.3 is 10.1 Å². The van der Waals surface area contributed by atoms with Crippen LogP contribution in [-0.2, 0) is 0 Å². The van der Waals surface area contributed by atoms with Crippen molar-refractivity contribution in [3.8, 4) is 10.6 Å². The standard InChI is InChI=1S/C15H18ClN3OS3/c1-4-19(14(21)10(2)9-22-3)15-12(16)17-13(23-15)11-6-5-7-18(20)8-11/h5-8,10H,4,9H2,1-3H3. The van der Waals surface area contributed by atoms with Crippen molar-refractivity contribution < 1.29 is 4.73 Å². The maximum atomic E-state index is 11.4. The first kappa shape index (κ1) is 18.4. The fourth-order valence-electron chi connectivity index (χ4n) is 2.15. The van der Waals surface area contributed by atoms with Crippen LogP contribution in [0, 0.1) is 11.1 Å². The zero-order valence-corrected chi connectivity index (χ0v) is 16.4. The van der Waals surface area contributed by atoms with Crippen LogP contribution in [0.3, 0.4) is 0 Å². The summed E-state index contributed by atoms with van der Waals surface area (Å²) >= 11 is 15.2. The summed E-state index contributed by atoms with van der Waals surface area (Å²) in [6, 6.07) is 3.54. The Morgan fingerprint density at radius 2 is 2.35 bits per heavy atom. The predicted molar refractivity (Wildman–Crippen MR) is 105 cm³/mol. The van der Waals surface area contributed by atoms with E-state index in [1.54, 1.807) is 17.8 Å². The molecule has 8 heteroatoms. The van der Waals surface area contributed by atoms with Gasteiger partial charge in [-0.1, -0.05) is 42.1 Å². The lowest BCUT2D eigenvalue weighted by Crippen LogP contribution is -2.34. The molecule has 1 atom stereocenters. The average molecular weight is 388 g/mol. The van der Waals surface area contributed by atoms with E-state index in [0.717, 1.165) is 32.6 Å². The Morgan fingerprint density at radius 1 is 1.61 bits per heavy atom. The molecule has 124 valence electrons. The summed E-state index contributed by atoms with van der Waals surface area (Å²) in [6.45, 7) is 4.89. The molecule has 4 nitrogen and oxygen atoms in total.